The molecule has 2 aromatic carbocycles. The molecule has 3 atom stereocenters. The highest BCUT2D eigenvalue weighted by atomic mass is 19.1. The second-order valence-corrected chi connectivity index (χ2v) is 13.2. The third-order valence-electron chi connectivity index (χ3n) is 8.43. The fourth-order valence-electron chi connectivity index (χ4n) is 5.72. The Hall–Kier alpha value is -4.63. The van der Waals surface area contributed by atoms with Crippen LogP contribution in [-0.4, -0.2) is 84.0 Å². The summed E-state index contributed by atoms with van der Waals surface area (Å²) in [6.07, 6.45) is 0.155. The van der Waals surface area contributed by atoms with Crippen molar-refractivity contribution < 1.29 is 42.2 Å². The first-order chi connectivity index (χ1) is 23.1. The van der Waals surface area contributed by atoms with E-state index in [4.69, 9.17) is 15.2 Å². The molecule has 0 saturated carbocycles. The lowest BCUT2D eigenvalue weighted by Crippen LogP contribution is -2.57. The summed E-state index contributed by atoms with van der Waals surface area (Å²) >= 11 is 0. The van der Waals surface area contributed by atoms with Crippen LogP contribution in [0.4, 0.5) is 25.0 Å². The average molecular weight is 687 g/mol. The van der Waals surface area contributed by atoms with Crippen LogP contribution in [0.25, 0.3) is 0 Å². The molecule has 0 radical (unpaired) electrons. The van der Waals surface area contributed by atoms with Crippen molar-refractivity contribution in [2.45, 2.75) is 77.2 Å². The zero-order chi connectivity index (χ0) is 36.0. The Bertz CT molecular complexity index is 1560. The summed E-state index contributed by atoms with van der Waals surface area (Å²) in [6, 6.07) is 4.33. The van der Waals surface area contributed by atoms with Crippen LogP contribution in [0.1, 0.15) is 64.1 Å². The molecule has 2 aromatic rings. The first kappa shape index (κ1) is 37.2. The molecule has 1 fully saturated rings. The second kappa shape index (κ2) is 15.7. The molecular weight excluding hydrogens is 642 g/mol. The number of anilines is 2. The summed E-state index contributed by atoms with van der Waals surface area (Å²) in [4.78, 5) is 69.5. The second-order valence-electron chi connectivity index (χ2n) is 13.2. The van der Waals surface area contributed by atoms with Gasteiger partial charge in [-0.05, 0) is 81.8 Å². The Morgan fingerprint density at radius 1 is 1.06 bits per heavy atom. The number of carbonyl (C=O) groups is 5. The van der Waals surface area contributed by atoms with Crippen LogP contribution in [0.3, 0.4) is 0 Å². The van der Waals surface area contributed by atoms with Crippen molar-refractivity contribution in [1.82, 2.24) is 15.1 Å². The molecule has 49 heavy (non-hydrogen) atoms. The highest BCUT2D eigenvalue weighted by Crippen LogP contribution is 2.38. The van der Waals surface area contributed by atoms with Gasteiger partial charge in [0.05, 0.1) is 0 Å². The van der Waals surface area contributed by atoms with Gasteiger partial charge in [0.1, 0.15) is 41.0 Å². The van der Waals surface area contributed by atoms with E-state index in [1.165, 1.54) is 24.9 Å². The van der Waals surface area contributed by atoms with E-state index in [-0.39, 0.29) is 25.4 Å². The predicted octanol–water partition coefficient (Wildman–Crippen LogP) is 3.44. The fraction of sp³-hybridized carbons (Fsp3) is 0.500. The topological polar surface area (TPSA) is 172 Å². The predicted molar refractivity (Wildman–Crippen MR) is 176 cm³/mol. The van der Waals surface area contributed by atoms with Crippen LogP contribution in [-0.2, 0) is 35.2 Å². The number of amides is 5. The van der Waals surface area contributed by atoms with Gasteiger partial charge in [0.25, 0.3) is 5.91 Å². The summed E-state index contributed by atoms with van der Waals surface area (Å²) in [7, 11) is 1.41. The van der Waals surface area contributed by atoms with Crippen molar-refractivity contribution >= 4 is 41.1 Å². The number of hydrogen-bond acceptors (Lipinski definition) is 8. The monoisotopic (exact) mass is 686 g/mol. The number of nitrogens with zero attached hydrogens (tertiary/aromatic N) is 2. The van der Waals surface area contributed by atoms with Gasteiger partial charge >= 0.3 is 6.09 Å². The van der Waals surface area contributed by atoms with Crippen molar-refractivity contribution in [1.29, 1.82) is 0 Å². The lowest BCUT2D eigenvalue weighted by atomic mass is 9.90. The van der Waals surface area contributed by atoms with E-state index in [0.29, 0.717) is 42.9 Å². The van der Waals surface area contributed by atoms with Gasteiger partial charge < -0.3 is 36.1 Å². The van der Waals surface area contributed by atoms with Gasteiger partial charge in [-0.3, -0.25) is 24.1 Å². The minimum atomic E-state index is -1.39. The number of nitrogens with two attached hydrogens (primary N) is 1. The Morgan fingerprint density at radius 3 is 2.33 bits per heavy atom. The summed E-state index contributed by atoms with van der Waals surface area (Å²) in [5.74, 6) is -4.94. The molecule has 2 heterocycles. The molecule has 0 aliphatic carbocycles. The minimum absolute atomic E-state index is 0.0478. The number of carbonyl (C=O) groups excluding carboxylic acids is 5. The van der Waals surface area contributed by atoms with Crippen molar-refractivity contribution in [2.75, 3.05) is 37.4 Å². The van der Waals surface area contributed by atoms with Crippen molar-refractivity contribution in [3.8, 4) is 0 Å². The molecule has 2 aliphatic rings. The first-order valence-electron chi connectivity index (χ1n) is 16.1. The van der Waals surface area contributed by atoms with E-state index in [1.54, 1.807) is 32.9 Å². The first-order valence-corrected chi connectivity index (χ1v) is 16.1. The number of hydrogen-bond donors (Lipinski definition) is 4. The van der Waals surface area contributed by atoms with E-state index in [1.807, 2.05) is 0 Å². The molecule has 2 aliphatic heterocycles. The van der Waals surface area contributed by atoms with E-state index in [0.717, 1.165) is 23.1 Å². The molecule has 5 N–H and O–H groups in total. The van der Waals surface area contributed by atoms with E-state index in [9.17, 15) is 32.8 Å². The van der Waals surface area contributed by atoms with Crippen molar-refractivity contribution in [2.24, 2.45) is 11.7 Å². The normalized spacial score (nSPS) is 17.4. The van der Waals surface area contributed by atoms with E-state index >= 15 is 0 Å². The van der Waals surface area contributed by atoms with Crippen LogP contribution in [0.2, 0.25) is 0 Å². The third kappa shape index (κ3) is 9.09. The van der Waals surface area contributed by atoms with Crippen molar-refractivity contribution in [3.05, 3.63) is 59.2 Å². The summed E-state index contributed by atoms with van der Waals surface area (Å²) in [5, 5.41) is 7.81. The molecule has 1 saturated heterocycles. The van der Waals surface area contributed by atoms with Gasteiger partial charge in [-0.25, -0.2) is 13.6 Å². The average Bonchev–Trinajstić information content (AvgIpc) is 3.43. The molecule has 4 rings (SSSR count). The number of benzene rings is 2. The number of nitrogens with one attached hydrogen (secondary N) is 3. The Morgan fingerprint density at radius 2 is 1.71 bits per heavy atom. The molecule has 0 bridgehead atoms. The lowest BCUT2D eigenvalue weighted by molar-refractivity contribution is -0.144. The van der Waals surface area contributed by atoms with Crippen LogP contribution in [0.15, 0.2) is 36.4 Å². The standard InChI is InChI=1S/C34H44F2N6O7/c1-19(41(5)33(47)49-34(2,3)4)30(44)39-27(20-12-15-48-16-13-20)32(46)42-18-21-9-10-22(38-26(43)11-14-37)17-23(21)29(42)31(45)40-28-24(35)7-6-8-25(28)36/h6-10,17,19-20,27,29H,11-16,18,37H2,1-5H3,(H,38,43)(H,39,44)(H,40,45)/t19-,27?,29?/m0/s1. The fourth-order valence-corrected chi connectivity index (χ4v) is 5.72. The summed E-state index contributed by atoms with van der Waals surface area (Å²) in [6.45, 7) is 7.29. The van der Waals surface area contributed by atoms with Gasteiger partial charge in [-0.15, -0.1) is 0 Å². The van der Waals surface area contributed by atoms with Gasteiger partial charge in [0, 0.05) is 45.5 Å². The van der Waals surface area contributed by atoms with Crippen LogP contribution >= 0.6 is 0 Å². The number of fused-ring (bicyclic) bond motifs is 1. The largest absolute Gasteiger partial charge is 0.444 e. The minimum Gasteiger partial charge on any atom is -0.444 e. The molecule has 13 nitrogen and oxygen atoms in total. The van der Waals surface area contributed by atoms with Crippen LogP contribution in [0, 0.1) is 17.6 Å². The SMILES string of the molecule is C[C@@H](C(=O)NC(C(=O)N1Cc2ccc(NC(=O)CCN)cc2C1C(=O)Nc1c(F)cccc1F)C1CCOCC1)N(C)C(=O)OC(C)(C)C. The number of ether oxygens (including phenoxy) is 2. The Balaban J connectivity index is 1.68. The highest BCUT2D eigenvalue weighted by Gasteiger charge is 2.44. The zero-order valence-corrected chi connectivity index (χ0v) is 28.3. The number of rotatable bonds is 10. The summed E-state index contributed by atoms with van der Waals surface area (Å²) < 4.78 is 40.2. The van der Waals surface area contributed by atoms with E-state index in [2.05, 4.69) is 16.0 Å². The molecular formula is C34H44F2N6O7. The summed E-state index contributed by atoms with van der Waals surface area (Å²) in [5.41, 5.74) is 5.21. The van der Waals surface area contributed by atoms with Gasteiger partial charge in [0.15, 0.2) is 0 Å². The van der Waals surface area contributed by atoms with Crippen LogP contribution < -0.4 is 21.7 Å². The smallest absolute Gasteiger partial charge is 0.410 e. The molecule has 15 heteroatoms. The Kier molecular flexibility index (Phi) is 11.9. The maximum atomic E-state index is 14.6. The van der Waals surface area contributed by atoms with E-state index < -0.39 is 70.8 Å². The van der Waals surface area contributed by atoms with Crippen molar-refractivity contribution in [3.63, 3.8) is 0 Å². The number of halogens is 2. The lowest BCUT2D eigenvalue weighted by Gasteiger charge is -2.36. The van der Waals surface area contributed by atoms with Gasteiger partial charge in [-0.2, -0.15) is 0 Å². The maximum absolute atomic E-state index is 14.6. The number of likely N-dealkylation sites (N-methyl/N-ethyl adjacent to an activating group) is 1. The molecule has 5 amide bonds. The Labute approximate surface area is 283 Å². The highest BCUT2D eigenvalue weighted by molar-refractivity contribution is 6.01. The van der Waals surface area contributed by atoms with Crippen LogP contribution in [0.5, 0.6) is 0 Å². The molecule has 0 spiro atoms. The molecule has 0 aromatic heterocycles. The molecule has 2 unspecified atom stereocenters. The van der Waals surface area contributed by atoms with Gasteiger partial charge in [0.2, 0.25) is 17.7 Å². The molecule has 266 valence electrons. The number of para-hydroxylation sites is 1. The van der Waals surface area contributed by atoms with Gasteiger partial charge in [-0.1, -0.05) is 12.1 Å². The maximum Gasteiger partial charge on any atom is 0.410 e. The quantitative estimate of drug-likeness (QED) is 0.294. The third-order valence-corrected chi connectivity index (χ3v) is 8.43. The zero-order valence-electron chi connectivity index (χ0n) is 28.3.